The van der Waals surface area contributed by atoms with Crippen molar-refractivity contribution in [1.29, 1.82) is 0 Å². The van der Waals surface area contributed by atoms with Gasteiger partial charge in [-0.15, -0.1) is 0 Å². The molecule has 0 unspecified atom stereocenters. The Balaban J connectivity index is 2.19. The van der Waals surface area contributed by atoms with Crippen LogP contribution in [0.15, 0.2) is 41.4 Å². The Kier molecular flexibility index (Phi) is 5.00. The first-order chi connectivity index (χ1) is 10.1. The fourth-order valence-electron chi connectivity index (χ4n) is 1.94. The van der Waals surface area contributed by atoms with E-state index in [4.69, 9.17) is 0 Å². The highest BCUT2D eigenvalue weighted by molar-refractivity contribution is 7.89. The van der Waals surface area contributed by atoms with Crippen LogP contribution in [0.25, 0.3) is 0 Å². The molecule has 0 bridgehead atoms. The van der Waals surface area contributed by atoms with Crippen molar-refractivity contribution in [2.75, 3.05) is 0 Å². The van der Waals surface area contributed by atoms with Crippen molar-refractivity contribution >= 4 is 10.0 Å². The maximum atomic E-state index is 12.2. The molecule has 21 heavy (non-hydrogen) atoms. The number of benzene rings is 1. The number of aryl methyl sites for hydroxylation is 1. The van der Waals surface area contributed by atoms with Crippen LogP contribution >= 0.6 is 0 Å². The third kappa shape index (κ3) is 3.84. The molecule has 112 valence electrons. The van der Waals surface area contributed by atoms with Crippen LogP contribution < -0.4 is 4.72 Å². The van der Waals surface area contributed by atoms with Gasteiger partial charge in [0.25, 0.3) is 0 Å². The minimum absolute atomic E-state index is 0.0696. The van der Waals surface area contributed by atoms with Crippen molar-refractivity contribution in [2.24, 2.45) is 0 Å². The lowest BCUT2D eigenvalue weighted by Crippen LogP contribution is -2.24. The largest absolute Gasteiger partial charge is 0.392 e. The smallest absolute Gasteiger partial charge is 0.240 e. The lowest BCUT2D eigenvalue weighted by molar-refractivity contribution is 0.280. The lowest BCUT2D eigenvalue weighted by atomic mass is 10.1. The summed E-state index contributed by atoms with van der Waals surface area (Å²) in [5.41, 5.74) is 2.10. The molecule has 0 aliphatic carbocycles. The molecule has 2 aromatic rings. The van der Waals surface area contributed by atoms with Gasteiger partial charge in [-0.3, -0.25) is 0 Å². The van der Waals surface area contributed by atoms with Gasteiger partial charge in [-0.2, -0.15) is 10.2 Å². The van der Waals surface area contributed by atoms with Crippen LogP contribution in [0.2, 0.25) is 0 Å². The summed E-state index contributed by atoms with van der Waals surface area (Å²) in [6, 6.07) is 8.14. The summed E-state index contributed by atoms with van der Waals surface area (Å²) < 4.78 is 26.9. The normalized spacial score (nSPS) is 11.5. The Hall–Kier alpha value is -1.83. The zero-order chi connectivity index (χ0) is 15.3. The van der Waals surface area contributed by atoms with Crippen molar-refractivity contribution in [3.8, 4) is 0 Å². The molecule has 0 fully saturated rings. The molecule has 2 N–H and O–H groups in total. The van der Waals surface area contributed by atoms with Gasteiger partial charge in [0.2, 0.25) is 10.0 Å². The molecular weight excluding hydrogens is 290 g/mol. The molecule has 6 nitrogen and oxygen atoms in total. The van der Waals surface area contributed by atoms with Crippen molar-refractivity contribution in [3.05, 3.63) is 53.3 Å². The van der Waals surface area contributed by atoms with E-state index in [-0.39, 0.29) is 18.0 Å². The lowest BCUT2D eigenvalue weighted by Gasteiger charge is -2.10. The average Bonchev–Trinajstić information content (AvgIpc) is 2.53. The SMILES string of the molecule is CCc1ccc(S(=O)(=O)NCc2cccnn2)cc1CO. The molecule has 1 heterocycles. The molecule has 0 spiro atoms. The highest BCUT2D eigenvalue weighted by Gasteiger charge is 2.15. The minimum atomic E-state index is -3.64. The van der Waals surface area contributed by atoms with Gasteiger partial charge in [-0.1, -0.05) is 13.0 Å². The van der Waals surface area contributed by atoms with E-state index in [1.165, 1.54) is 18.3 Å². The van der Waals surface area contributed by atoms with Crippen molar-refractivity contribution in [2.45, 2.75) is 31.4 Å². The summed E-state index contributed by atoms with van der Waals surface area (Å²) in [6.45, 7) is 1.84. The predicted molar refractivity (Wildman–Crippen MR) is 77.8 cm³/mol. The van der Waals surface area contributed by atoms with Crippen LogP contribution in [0.4, 0.5) is 0 Å². The number of nitrogens with one attached hydrogen (secondary N) is 1. The molecule has 0 aliphatic heterocycles. The summed E-state index contributed by atoms with van der Waals surface area (Å²) in [4.78, 5) is 0.132. The second kappa shape index (κ2) is 6.75. The Morgan fingerprint density at radius 1 is 1.24 bits per heavy atom. The Morgan fingerprint density at radius 3 is 2.67 bits per heavy atom. The summed E-state index contributed by atoms with van der Waals surface area (Å²) >= 11 is 0. The maximum absolute atomic E-state index is 12.2. The molecule has 2 rings (SSSR count). The summed E-state index contributed by atoms with van der Waals surface area (Å²) in [5.74, 6) is 0. The fraction of sp³-hybridized carbons (Fsp3) is 0.286. The highest BCUT2D eigenvalue weighted by atomic mass is 32.2. The topological polar surface area (TPSA) is 92.2 Å². The first kappa shape index (κ1) is 15.6. The van der Waals surface area contributed by atoms with Crippen LogP contribution in [0.5, 0.6) is 0 Å². The molecule has 7 heteroatoms. The number of hydrogen-bond acceptors (Lipinski definition) is 5. The van der Waals surface area contributed by atoms with Crippen LogP contribution in [-0.2, 0) is 29.6 Å². The van der Waals surface area contributed by atoms with Gasteiger partial charge in [0.15, 0.2) is 0 Å². The molecule has 0 atom stereocenters. The zero-order valence-corrected chi connectivity index (χ0v) is 12.5. The summed E-state index contributed by atoms with van der Waals surface area (Å²) in [5, 5.41) is 16.8. The Labute approximate surface area is 123 Å². The molecule has 0 saturated heterocycles. The molecule has 0 amide bonds. The van der Waals surface area contributed by atoms with E-state index < -0.39 is 10.0 Å². The second-order valence-electron chi connectivity index (χ2n) is 4.48. The van der Waals surface area contributed by atoms with E-state index in [2.05, 4.69) is 14.9 Å². The average molecular weight is 307 g/mol. The minimum Gasteiger partial charge on any atom is -0.392 e. The number of sulfonamides is 1. The monoisotopic (exact) mass is 307 g/mol. The van der Waals surface area contributed by atoms with Gasteiger partial charge in [-0.25, -0.2) is 13.1 Å². The predicted octanol–water partition coefficient (Wildman–Crippen LogP) is 1.01. The standard InChI is InChI=1S/C14H17N3O3S/c1-2-11-5-6-14(8-12(11)10-18)21(19,20)16-9-13-4-3-7-15-17-13/h3-8,16,18H,2,9-10H2,1H3. The van der Waals surface area contributed by atoms with Gasteiger partial charge in [-0.05, 0) is 41.8 Å². The molecule has 0 saturated carbocycles. The third-order valence-corrected chi connectivity index (χ3v) is 4.51. The number of aliphatic hydroxyl groups is 1. The first-order valence-corrected chi connectivity index (χ1v) is 8.04. The summed E-state index contributed by atoms with van der Waals surface area (Å²) in [7, 11) is -3.64. The van der Waals surface area contributed by atoms with Gasteiger partial charge in [0.1, 0.15) is 0 Å². The fourth-order valence-corrected chi connectivity index (χ4v) is 2.99. The van der Waals surface area contributed by atoms with Crippen LogP contribution in [0.3, 0.4) is 0 Å². The van der Waals surface area contributed by atoms with E-state index in [1.54, 1.807) is 18.2 Å². The van der Waals surface area contributed by atoms with E-state index >= 15 is 0 Å². The van der Waals surface area contributed by atoms with Crippen LogP contribution in [-0.4, -0.2) is 23.7 Å². The van der Waals surface area contributed by atoms with Crippen molar-refractivity contribution in [1.82, 2.24) is 14.9 Å². The number of nitrogens with zero attached hydrogens (tertiary/aromatic N) is 2. The van der Waals surface area contributed by atoms with E-state index in [0.717, 1.165) is 12.0 Å². The van der Waals surface area contributed by atoms with E-state index in [9.17, 15) is 13.5 Å². The second-order valence-corrected chi connectivity index (χ2v) is 6.25. The molecule has 1 aromatic carbocycles. The quantitative estimate of drug-likeness (QED) is 0.831. The van der Waals surface area contributed by atoms with Gasteiger partial charge in [0, 0.05) is 6.20 Å². The van der Waals surface area contributed by atoms with E-state index in [1.807, 2.05) is 6.92 Å². The molecule has 0 aliphatic rings. The van der Waals surface area contributed by atoms with Crippen LogP contribution in [0, 0.1) is 0 Å². The summed E-state index contributed by atoms with van der Waals surface area (Å²) in [6.07, 6.45) is 2.26. The van der Waals surface area contributed by atoms with E-state index in [0.29, 0.717) is 11.3 Å². The van der Waals surface area contributed by atoms with Gasteiger partial charge in [0.05, 0.1) is 23.7 Å². The maximum Gasteiger partial charge on any atom is 0.240 e. The van der Waals surface area contributed by atoms with Crippen molar-refractivity contribution in [3.63, 3.8) is 0 Å². The van der Waals surface area contributed by atoms with Crippen molar-refractivity contribution < 1.29 is 13.5 Å². The number of aromatic nitrogens is 2. The Morgan fingerprint density at radius 2 is 2.05 bits per heavy atom. The number of rotatable bonds is 6. The number of hydrogen-bond donors (Lipinski definition) is 2. The molecular formula is C14H17N3O3S. The first-order valence-electron chi connectivity index (χ1n) is 6.55. The highest BCUT2D eigenvalue weighted by Crippen LogP contribution is 2.17. The number of aliphatic hydroxyl groups excluding tert-OH is 1. The molecule has 0 radical (unpaired) electrons. The Bertz CT molecular complexity index is 703. The third-order valence-electron chi connectivity index (χ3n) is 3.11. The van der Waals surface area contributed by atoms with Gasteiger partial charge < -0.3 is 5.11 Å². The molecule has 1 aromatic heterocycles. The van der Waals surface area contributed by atoms with Crippen LogP contribution in [0.1, 0.15) is 23.7 Å². The van der Waals surface area contributed by atoms with Gasteiger partial charge >= 0.3 is 0 Å². The zero-order valence-electron chi connectivity index (χ0n) is 11.7.